The van der Waals surface area contributed by atoms with Gasteiger partial charge in [0.05, 0.1) is 13.2 Å². The molecule has 2 saturated heterocycles. The zero-order valence-electron chi connectivity index (χ0n) is 24.1. The van der Waals surface area contributed by atoms with E-state index in [1.54, 1.807) is 20.8 Å². The number of rotatable bonds is 4. The van der Waals surface area contributed by atoms with Crippen LogP contribution in [0.2, 0.25) is 0 Å². The number of hydrogen-bond acceptors (Lipinski definition) is 8. The molecular formula is C27H43N5O8S. The number of morpholine rings is 1. The summed E-state index contributed by atoms with van der Waals surface area (Å²) < 4.78 is 39.8. The zero-order chi connectivity index (χ0) is 29.8. The van der Waals surface area contributed by atoms with Crippen LogP contribution in [-0.4, -0.2) is 97.5 Å². The summed E-state index contributed by atoms with van der Waals surface area (Å²) in [6.07, 6.45) is 7.81. The highest BCUT2D eigenvalue weighted by molar-refractivity contribution is 7.87. The Morgan fingerprint density at radius 1 is 1.07 bits per heavy atom. The van der Waals surface area contributed by atoms with Crippen molar-refractivity contribution in [2.75, 3.05) is 32.8 Å². The van der Waals surface area contributed by atoms with Crippen molar-refractivity contribution in [3.8, 4) is 0 Å². The highest BCUT2D eigenvalue weighted by Gasteiger charge is 2.61. The quantitative estimate of drug-likeness (QED) is 0.404. The van der Waals surface area contributed by atoms with Crippen molar-refractivity contribution >= 4 is 34.0 Å². The average molecular weight is 598 g/mol. The summed E-state index contributed by atoms with van der Waals surface area (Å²) in [5.74, 6) is -2.06. The molecule has 4 rings (SSSR count). The standard InChI is InChI=1S/C27H43N5O8S/c1-26(2,3)40-25(36)28-20-11-8-6-4-5-7-10-19-18-27(19,29-22(33)21-12-9-13-32(21)23(20)34)24(35)30-41(37,38)31-14-16-39-17-15-31/h7,10,19-21H,4-6,8-9,11-18H2,1-3H3,(H,28,36)(H,29,33)(H,30,35)/b10-7-. The van der Waals surface area contributed by atoms with Crippen LogP contribution in [0.3, 0.4) is 0 Å². The van der Waals surface area contributed by atoms with Crippen LogP contribution in [0.15, 0.2) is 12.2 Å². The van der Waals surface area contributed by atoms with Crippen molar-refractivity contribution in [3.05, 3.63) is 12.2 Å². The van der Waals surface area contributed by atoms with Gasteiger partial charge in [-0.2, -0.15) is 12.7 Å². The maximum atomic E-state index is 13.7. The molecule has 0 aromatic carbocycles. The lowest BCUT2D eigenvalue weighted by atomic mass is 10.0. The molecule has 4 amide bonds. The van der Waals surface area contributed by atoms with Crippen LogP contribution in [0.5, 0.6) is 0 Å². The summed E-state index contributed by atoms with van der Waals surface area (Å²) in [7, 11) is -4.12. The third kappa shape index (κ3) is 7.77. The summed E-state index contributed by atoms with van der Waals surface area (Å²) in [5.41, 5.74) is -2.17. The fourth-order valence-electron chi connectivity index (χ4n) is 5.60. The highest BCUT2D eigenvalue weighted by Crippen LogP contribution is 2.45. The van der Waals surface area contributed by atoms with Crippen molar-refractivity contribution in [3.63, 3.8) is 0 Å². The molecule has 3 aliphatic heterocycles. The Balaban J connectivity index is 1.53. The molecule has 1 aliphatic carbocycles. The number of hydrogen-bond donors (Lipinski definition) is 3. The summed E-state index contributed by atoms with van der Waals surface area (Å²) in [4.78, 5) is 54.8. The number of nitrogens with one attached hydrogen (secondary N) is 3. The molecule has 230 valence electrons. The van der Waals surface area contributed by atoms with Crippen LogP contribution in [0.4, 0.5) is 4.79 Å². The SMILES string of the molecule is CC(C)(C)OC(=O)NC1CCCCC/C=C\C2CC2(C(=O)NS(=O)(=O)N2CCOCC2)NC(=O)C2CCCN2C1=O. The number of alkyl carbamates (subject to hydrolysis) is 1. The number of carbonyl (C=O) groups excluding carboxylic acids is 4. The van der Waals surface area contributed by atoms with Crippen molar-refractivity contribution < 1.29 is 37.1 Å². The third-order valence-electron chi connectivity index (χ3n) is 7.86. The minimum absolute atomic E-state index is 0.128. The second kappa shape index (κ2) is 12.7. The first-order valence-electron chi connectivity index (χ1n) is 14.5. The number of allylic oxidation sites excluding steroid dienone is 1. The Labute approximate surface area is 241 Å². The van der Waals surface area contributed by atoms with E-state index in [0.717, 1.165) is 23.6 Å². The van der Waals surface area contributed by atoms with Gasteiger partial charge in [0.25, 0.3) is 5.91 Å². The number of amides is 4. The van der Waals surface area contributed by atoms with Crippen LogP contribution < -0.4 is 15.4 Å². The molecular weight excluding hydrogens is 554 g/mol. The van der Waals surface area contributed by atoms with Gasteiger partial charge in [-0.15, -0.1) is 0 Å². The van der Waals surface area contributed by atoms with Gasteiger partial charge < -0.3 is 25.0 Å². The van der Waals surface area contributed by atoms with E-state index in [1.807, 2.05) is 12.2 Å². The molecule has 4 unspecified atom stereocenters. The second-order valence-corrected chi connectivity index (χ2v) is 13.8. The Kier molecular flexibility index (Phi) is 9.64. The monoisotopic (exact) mass is 597 g/mol. The fraction of sp³-hybridized carbons (Fsp3) is 0.778. The molecule has 3 fully saturated rings. The fourth-order valence-corrected chi connectivity index (χ4v) is 6.78. The van der Waals surface area contributed by atoms with Crippen LogP contribution in [0.25, 0.3) is 0 Å². The van der Waals surface area contributed by atoms with Crippen LogP contribution >= 0.6 is 0 Å². The minimum Gasteiger partial charge on any atom is -0.444 e. The predicted octanol–water partition coefficient (Wildman–Crippen LogP) is 0.959. The first kappa shape index (κ1) is 31.2. The summed E-state index contributed by atoms with van der Waals surface area (Å²) in [6.45, 7) is 6.27. The maximum absolute atomic E-state index is 13.7. The van der Waals surface area contributed by atoms with Crippen molar-refractivity contribution in [2.24, 2.45) is 5.92 Å². The summed E-state index contributed by atoms with van der Waals surface area (Å²) in [6, 6.07) is -1.70. The van der Waals surface area contributed by atoms with Gasteiger partial charge in [-0.25, -0.2) is 9.52 Å². The Bertz CT molecular complexity index is 1150. The number of nitrogens with zero attached hydrogens (tertiary/aromatic N) is 2. The van der Waals surface area contributed by atoms with Gasteiger partial charge in [0.1, 0.15) is 23.2 Å². The molecule has 0 spiro atoms. The van der Waals surface area contributed by atoms with E-state index in [2.05, 4.69) is 15.4 Å². The lowest BCUT2D eigenvalue weighted by molar-refractivity contribution is -0.141. The maximum Gasteiger partial charge on any atom is 0.408 e. The normalized spacial score (nSPS) is 31.0. The Morgan fingerprint density at radius 2 is 1.80 bits per heavy atom. The molecule has 14 heteroatoms. The Morgan fingerprint density at radius 3 is 2.51 bits per heavy atom. The number of carbonyl (C=O) groups is 4. The molecule has 13 nitrogen and oxygen atoms in total. The molecule has 0 aromatic heterocycles. The average Bonchev–Trinajstić information content (AvgIpc) is 3.36. The molecule has 0 radical (unpaired) electrons. The van der Waals surface area contributed by atoms with Gasteiger partial charge in [-0.3, -0.25) is 14.4 Å². The van der Waals surface area contributed by atoms with Gasteiger partial charge >= 0.3 is 16.3 Å². The molecule has 41 heavy (non-hydrogen) atoms. The van der Waals surface area contributed by atoms with Gasteiger partial charge in [-0.1, -0.05) is 25.0 Å². The molecule has 0 bridgehead atoms. The van der Waals surface area contributed by atoms with Crippen molar-refractivity contribution in [2.45, 2.75) is 95.4 Å². The summed E-state index contributed by atoms with van der Waals surface area (Å²) >= 11 is 0. The first-order valence-corrected chi connectivity index (χ1v) is 16.0. The predicted molar refractivity (Wildman–Crippen MR) is 149 cm³/mol. The summed E-state index contributed by atoms with van der Waals surface area (Å²) in [5, 5.41) is 5.53. The van der Waals surface area contributed by atoms with Gasteiger partial charge in [-0.05, 0) is 59.3 Å². The van der Waals surface area contributed by atoms with Crippen molar-refractivity contribution in [1.82, 2.24) is 24.6 Å². The smallest absolute Gasteiger partial charge is 0.408 e. The van der Waals surface area contributed by atoms with Gasteiger partial charge in [0, 0.05) is 25.6 Å². The minimum atomic E-state index is -4.12. The largest absolute Gasteiger partial charge is 0.444 e. The Hall–Kier alpha value is -2.71. The molecule has 3 heterocycles. The molecule has 4 atom stereocenters. The molecule has 4 aliphatic rings. The third-order valence-corrected chi connectivity index (χ3v) is 9.35. The zero-order valence-corrected chi connectivity index (χ0v) is 25.0. The topological polar surface area (TPSA) is 163 Å². The number of ether oxygens (including phenoxy) is 2. The molecule has 3 N–H and O–H groups in total. The van der Waals surface area contributed by atoms with Crippen molar-refractivity contribution in [1.29, 1.82) is 0 Å². The van der Waals surface area contributed by atoms with E-state index in [0.29, 0.717) is 32.2 Å². The van der Waals surface area contributed by atoms with E-state index in [-0.39, 0.29) is 44.5 Å². The number of fused-ring (bicyclic) bond motifs is 2. The van der Waals surface area contributed by atoms with Gasteiger partial charge in [0.2, 0.25) is 11.8 Å². The van der Waals surface area contributed by atoms with Crippen LogP contribution in [-0.2, 0) is 34.1 Å². The second-order valence-electron chi connectivity index (χ2n) is 12.2. The van der Waals surface area contributed by atoms with E-state index in [4.69, 9.17) is 9.47 Å². The lowest BCUT2D eigenvalue weighted by Gasteiger charge is -2.31. The highest BCUT2D eigenvalue weighted by atomic mass is 32.2. The molecule has 0 aromatic rings. The van der Waals surface area contributed by atoms with E-state index in [9.17, 15) is 27.6 Å². The lowest BCUT2D eigenvalue weighted by Crippen LogP contribution is -2.59. The van der Waals surface area contributed by atoms with E-state index >= 15 is 0 Å². The van der Waals surface area contributed by atoms with E-state index in [1.165, 1.54) is 4.90 Å². The van der Waals surface area contributed by atoms with E-state index < -0.39 is 51.3 Å². The van der Waals surface area contributed by atoms with Crippen LogP contribution in [0, 0.1) is 5.92 Å². The molecule has 1 saturated carbocycles. The first-order chi connectivity index (χ1) is 19.3. The van der Waals surface area contributed by atoms with Crippen LogP contribution in [0.1, 0.15) is 72.1 Å². The van der Waals surface area contributed by atoms with Gasteiger partial charge in [0.15, 0.2) is 0 Å².